The molecule has 168 valence electrons. The van der Waals surface area contributed by atoms with E-state index < -0.39 is 13.0 Å². The topological polar surface area (TPSA) is 52.6 Å². The first-order valence-corrected chi connectivity index (χ1v) is 12.8. The lowest BCUT2D eigenvalue weighted by atomic mass is 9.75. The van der Waals surface area contributed by atoms with Crippen LogP contribution in [0.5, 0.6) is 0 Å². The second-order valence-electron chi connectivity index (χ2n) is 10.0. The molecule has 0 heterocycles. The predicted molar refractivity (Wildman–Crippen MR) is 124 cm³/mol. The monoisotopic (exact) mass is 434 g/mol. The molecule has 4 nitrogen and oxygen atoms in total. The van der Waals surface area contributed by atoms with Crippen LogP contribution < -0.4 is 5.30 Å². The van der Waals surface area contributed by atoms with E-state index in [0.717, 1.165) is 12.8 Å². The van der Waals surface area contributed by atoms with Crippen LogP contribution in [0.4, 0.5) is 0 Å². The number of rotatable bonds is 8. The number of hydrogen-bond donors (Lipinski definition) is 0. The van der Waals surface area contributed by atoms with Crippen molar-refractivity contribution in [2.75, 3.05) is 0 Å². The summed E-state index contributed by atoms with van der Waals surface area (Å²) in [5.41, 5.74) is -0.541. The molecule has 2 rings (SSSR count). The van der Waals surface area contributed by atoms with Gasteiger partial charge in [0.05, 0.1) is 6.10 Å². The molecule has 30 heavy (non-hydrogen) atoms. The van der Waals surface area contributed by atoms with E-state index >= 15 is 0 Å². The van der Waals surface area contributed by atoms with E-state index in [1.165, 1.54) is 6.42 Å². The zero-order valence-electron chi connectivity index (χ0n) is 19.5. The van der Waals surface area contributed by atoms with Crippen LogP contribution in [0.15, 0.2) is 42.2 Å². The molecule has 0 spiro atoms. The van der Waals surface area contributed by atoms with Gasteiger partial charge in [-0.15, -0.1) is 0 Å². The van der Waals surface area contributed by atoms with Crippen molar-refractivity contribution in [1.82, 2.24) is 0 Å². The van der Waals surface area contributed by atoms with Crippen LogP contribution >= 0.6 is 7.37 Å². The Morgan fingerprint density at radius 2 is 1.80 bits per heavy atom. The summed E-state index contributed by atoms with van der Waals surface area (Å²) in [5.74, 6) is 1.07. The summed E-state index contributed by atoms with van der Waals surface area (Å²) in [7, 11) is -3.34. The Hall–Kier alpha value is -1.38. The molecule has 0 aliphatic heterocycles. The van der Waals surface area contributed by atoms with Crippen molar-refractivity contribution in [1.29, 1.82) is 0 Å². The van der Waals surface area contributed by atoms with Crippen LogP contribution in [-0.4, -0.2) is 17.7 Å². The maximum Gasteiger partial charge on any atom is 0.306 e. The number of allylic oxidation sites excluding steroid dienone is 1. The molecule has 5 heteroatoms. The smallest absolute Gasteiger partial charge is 0.306 e. The Bertz CT molecular complexity index is 763. The first-order chi connectivity index (χ1) is 13.9. The number of benzene rings is 1. The van der Waals surface area contributed by atoms with Gasteiger partial charge in [0.1, 0.15) is 5.60 Å². The van der Waals surface area contributed by atoms with Gasteiger partial charge in [-0.05, 0) is 69.9 Å². The maximum atomic E-state index is 14.3. The summed E-state index contributed by atoms with van der Waals surface area (Å²) >= 11 is 0. The third-order valence-electron chi connectivity index (χ3n) is 5.80. The van der Waals surface area contributed by atoms with Crippen LogP contribution in [0.3, 0.4) is 0 Å². The van der Waals surface area contributed by atoms with Gasteiger partial charge in [0.25, 0.3) is 7.37 Å². The van der Waals surface area contributed by atoms with Gasteiger partial charge >= 0.3 is 5.97 Å². The van der Waals surface area contributed by atoms with Crippen LogP contribution in [0.2, 0.25) is 0 Å². The van der Waals surface area contributed by atoms with Crippen molar-refractivity contribution in [2.45, 2.75) is 85.4 Å². The molecule has 1 unspecified atom stereocenters. The van der Waals surface area contributed by atoms with Gasteiger partial charge in [-0.2, -0.15) is 0 Å². The lowest BCUT2D eigenvalue weighted by Crippen LogP contribution is -2.34. The largest absolute Gasteiger partial charge is 0.460 e. The molecule has 0 saturated heterocycles. The fourth-order valence-corrected chi connectivity index (χ4v) is 6.39. The van der Waals surface area contributed by atoms with Crippen molar-refractivity contribution in [3.8, 4) is 0 Å². The van der Waals surface area contributed by atoms with E-state index in [4.69, 9.17) is 9.26 Å². The normalized spacial score (nSPS) is 24.3. The van der Waals surface area contributed by atoms with E-state index in [1.54, 1.807) is 0 Å². The minimum atomic E-state index is -3.34. The molecule has 0 amide bonds. The first-order valence-electron chi connectivity index (χ1n) is 11.2. The van der Waals surface area contributed by atoms with Crippen molar-refractivity contribution in [3.05, 3.63) is 42.2 Å². The lowest BCUT2D eigenvalue weighted by Gasteiger charge is -2.39. The van der Waals surface area contributed by atoms with E-state index in [0.29, 0.717) is 28.4 Å². The number of carbonyl (C=O) groups is 1. The Morgan fingerprint density at radius 3 is 2.37 bits per heavy atom. The summed E-state index contributed by atoms with van der Waals surface area (Å²) in [4.78, 5) is 12.2. The minimum absolute atomic E-state index is 0.0712. The highest BCUT2D eigenvalue weighted by atomic mass is 31.2. The second kappa shape index (κ2) is 10.3. The molecule has 0 bridgehead atoms. The molecule has 4 atom stereocenters. The van der Waals surface area contributed by atoms with Crippen LogP contribution in [0.25, 0.3) is 0 Å². The number of ether oxygens (including phenoxy) is 1. The molecule has 1 aliphatic carbocycles. The average molecular weight is 435 g/mol. The molecule has 1 saturated carbocycles. The molecule has 1 aromatic rings. The average Bonchev–Trinajstić information content (AvgIpc) is 2.65. The molecule has 0 aromatic heterocycles. The Labute approximate surface area is 182 Å². The Morgan fingerprint density at radius 1 is 1.17 bits per heavy atom. The van der Waals surface area contributed by atoms with Gasteiger partial charge in [-0.1, -0.05) is 52.0 Å². The zero-order chi connectivity index (χ0) is 22.5. The lowest BCUT2D eigenvalue weighted by molar-refractivity contribution is -0.154. The number of carbonyl (C=O) groups excluding carboxylic acids is 1. The fraction of sp³-hybridized carbons (Fsp3) is 0.640. The van der Waals surface area contributed by atoms with Crippen molar-refractivity contribution < 1.29 is 18.6 Å². The standard InChI is InChI=1S/C25H39O4P/c1-18(2)22-15-13-19(3)17-23(22)29-30(27,21-11-9-8-10-12-21)20(4)14-16-24(26)28-25(5,6)7/h8-12,18-19,22-23H,4,13-17H2,1-3,5-7H3/t19-,22+,23-,30?/m1/s1. The third-order valence-corrected chi connectivity index (χ3v) is 8.40. The molecule has 1 aliphatic rings. The molecule has 0 radical (unpaired) electrons. The Balaban J connectivity index is 2.24. The fourth-order valence-electron chi connectivity index (χ4n) is 4.15. The highest BCUT2D eigenvalue weighted by Crippen LogP contribution is 2.58. The van der Waals surface area contributed by atoms with Crippen LogP contribution in [0, 0.1) is 17.8 Å². The van der Waals surface area contributed by atoms with Crippen molar-refractivity contribution in [3.63, 3.8) is 0 Å². The third kappa shape index (κ3) is 6.82. The van der Waals surface area contributed by atoms with Gasteiger partial charge in [0, 0.05) is 17.0 Å². The van der Waals surface area contributed by atoms with Crippen molar-refractivity contribution >= 4 is 18.6 Å². The summed E-state index contributed by atoms with van der Waals surface area (Å²) in [5, 5.41) is 1.14. The van der Waals surface area contributed by atoms with Crippen LogP contribution in [-0.2, 0) is 18.6 Å². The molecular weight excluding hydrogens is 395 g/mol. The Kier molecular flexibility index (Phi) is 8.53. The SMILES string of the molecule is C=C(CCC(=O)OC(C)(C)C)P(=O)(O[C@@H]1C[C@H](C)CC[C@H]1C(C)C)c1ccccc1. The molecular formula is C25H39O4P. The molecule has 1 fully saturated rings. The minimum Gasteiger partial charge on any atom is -0.460 e. The van der Waals surface area contributed by atoms with E-state index in [9.17, 15) is 9.36 Å². The van der Waals surface area contributed by atoms with E-state index in [2.05, 4.69) is 27.4 Å². The van der Waals surface area contributed by atoms with E-state index in [-0.39, 0.29) is 24.9 Å². The highest BCUT2D eigenvalue weighted by Gasteiger charge is 2.39. The second-order valence-corrected chi connectivity index (χ2v) is 12.5. The summed E-state index contributed by atoms with van der Waals surface area (Å²) < 4.78 is 26.2. The van der Waals surface area contributed by atoms with Gasteiger partial charge in [0.15, 0.2) is 0 Å². The van der Waals surface area contributed by atoms with Gasteiger partial charge in [0.2, 0.25) is 0 Å². The summed E-state index contributed by atoms with van der Waals surface area (Å²) in [6, 6.07) is 9.33. The summed E-state index contributed by atoms with van der Waals surface area (Å²) in [6.07, 6.45) is 3.53. The first kappa shape index (κ1) is 24.9. The zero-order valence-corrected chi connectivity index (χ0v) is 20.4. The van der Waals surface area contributed by atoms with Gasteiger partial charge in [-0.3, -0.25) is 9.36 Å². The highest BCUT2D eigenvalue weighted by molar-refractivity contribution is 7.71. The quantitative estimate of drug-likeness (QED) is 0.337. The van der Waals surface area contributed by atoms with Crippen molar-refractivity contribution in [2.24, 2.45) is 17.8 Å². The predicted octanol–water partition coefficient (Wildman–Crippen LogP) is 6.70. The van der Waals surface area contributed by atoms with Gasteiger partial charge < -0.3 is 9.26 Å². The van der Waals surface area contributed by atoms with Gasteiger partial charge in [-0.25, -0.2) is 0 Å². The van der Waals surface area contributed by atoms with Crippen LogP contribution in [0.1, 0.15) is 73.6 Å². The number of esters is 1. The maximum absolute atomic E-state index is 14.3. The van der Waals surface area contributed by atoms with E-state index in [1.807, 2.05) is 51.1 Å². The molecule has 1 aromatic carbocycles. The molecule has 0 N–H and O–H groups in total. The summed E-state index contributed by atoms with van der Waals surface area (Å²) in [6.45, 7) is 16.3. The number of hydrogen-bond acceptors (Lipinski definition) is 4.